The van der Waals surface area contributed by atoms with Gasteiger partial charge in [-0.15, -0.1) is 0 Å². The summed E-state index contributed by atoms with van der Waals surface area (Å²) >= 11 is 0. The van der Waals surface area contributed by atoms with Crippen molar-refractivity contribution in [3.8, 4) is 0 Å². The molecule has 1 heterocycles. The van der Waals surface area contributed by atoms with Gasteiger partial charge in [0.1, 0.15) is 12.2 Å². The van der Waals surface area contributed by atoms with E-state index >= 15 is 0 Å². The average Bonchev–Trinajstić information content (AvgIpc) is 2.11. The number of aliphatic hydroxyl groups is 3. The lowest BCUT2D eigenvalue weighted by molar-refractivity contribution is -0.255. The van der Waals surface area contributed by atoms with Crippen LogP contribution in [-0.4, -0.2) is 53.1 Å². The van der Waals surface area contributed by atoms with Crippen molar-refractivity contribution in [2.45, 2.75) is 37.9 Å². The van der Waals surface area contributed by atoms with E-state index in [1.165, 1.54) is 0 Å². The summed E-state index contributed by atoms with van der Waals surface area (Å²) in [5.74, 6) is 0. The molecule has 5 heteroatoms. The highest BCUT2D eigenvalue weighted by atomic mass is 16.7. The second-order valence-corrected chi connectivity index (χ2v) is 3.04. The van der Waals surface area contributed by atoms with E-state index in [2.05, 4.69) is 0 Å². The number of aliphatic hydroxyl groups excluding tert-OH is 3. The topological polar surface area (TPSA) is 79.2 Å². The van der Waals surface area contributed by atoms with Gasteiger partial charge in [-0.25, -0.2) is 0 Å². The lowest BCUT2D eigenvalue weighted by Gasteiger charge is -2.35. The van der Waals surface area contributed by atoms with Gasteiger partial charge in [0.05, 0.1) is 12.7 Å². The van der Waals surface area contributed by atoms with Gasteiger partial charge in [0.15, 0.2) is 6.29 Å². The molecule has 1 saturated heterocycles. The Bertz CT molecular complexity index is 151. The smallest absolute Gasteiger partial charge is 0.160 e. The minimum atomic E-state index is -1.03. The van der Waals surface area contributed by atoms with Crippen molar-refractivity contribution in [2.24, 2.45) is 0 Å². The van der Waals surface area contributed by atoms with Crippen LogP contribution in [0.4, 0.5) is 0 Å². The highest BCUT2D eigenvalue weighted by Crippen LogP contribution is 2.20. The van der Waals surface area contributed by atoms with Crippen molar-refractivity contribution >= 4 is 0 Å². The van der Waals surface area contributed by atoms with Crippen molar-refractivity contribution in [3.05, 3.63) is 0 Å². The molecule has 0 spiro atoms. The SMILES string of the molecule is CCOC1CC(O)C(O)[C@@H](CO)O1. The summed E-state index contributed by atoms with van der Waals surface area (Å²) in [5.41, 5.74) is 0. The average molecular weight is 192 g/mol. The summed E-state index contributed by atoms with van der Waals surface area (Å²) < 4.78 is 10.3. The van der Waals surface area contributed by atoms with Gasteiger partial charge in [0, 0.05) is 13.0 Å². The summed E-state index contributed by atoms with van der Waals surface area (Å²) in [6.45, 7) is 1.97. The zero-order chi connectivity index (χ0) is 9.84. The maximum Gasteiger partial charge on any atom is 0.160 e. The molecule has 0 aliphatic carbocycles. The molecule has 1 aliphatic rings. The molecule has 0 bridgehead atoms. The molecule has 13 heavy (non-hydrogen) atoms. The van der Waals surface area contributed by atoms with Crippen LogP contribution in [0.2, 0.25) is 0 Å². The van der Waals surface area contributed by atoms with E-state index in [1.54, 1.807) is 0 Å². The zero-order valence-electron chi connectivity index (χ0n) is 7.59. The van der Waals surface area contributed by atoms with Gasteiger partial charge in [-0.3, -0.25) is 0 Å². The van der Waals surface area contributed by atoms with Crippen LogP contribution in [-0.2, 0) is 9.47 Å². The molecule has 0 aromatic carbocycles. The maximum atomic E-state index is 9.36. The van der Waals surface area contributed by atoms with Crippen LogP contribution in [0, 0.1) is 0 Å². The molecule has 0 aromatic heterocycles. The molecule has 0 saturated carbocycles. The van der Waals surface area contributed by atoms with Gasteiger partial charge in [0.25, 0.3) is 0 Å². The van der Waals surface area contributed by atoms with E-state index in [0.717, 1.165) is 0 Å². The van der Waals surface area contributed by atoms with Crippen LogP contribution in [0.1, 0.15) is 13.3 Å². The Morgan fingerprint density at radius 2 is 2.15 bits per heavy atom. The number of hydrogen-bond acceptors (Lipinski definition) is 5. The van der Waals surface area contributed by atoms with Crippen LogP contribution in [0.15, 0.2) is 0 Å². The highest BCUT2D eigenvalue weighted by Gasteiger charge is 2.36. The van der Waals surface area contributed by atoms with E-state index < -0.39 is 24.6 Å². The first-order chi connectivity index (χ1) is 6.19. The summed E-state index contributed by atoms with van der Waals surface area (Å²) in [4.78, 5) is 0. The van der Waals surface area contributed by atoms with Crippen LogP contribution >= 0.6 is 0 Å². The van der Waals surface area contributed by atoms with E-state index in [9.17, 15) is 10.2 Å². The summed E-state index contributed by atoms with van der Waals surface area (Å²) in [5, 5.41) is 27.5. The predicted octanol–water partition coefficient (Wildman–Crippen LogP) is -1.15. The number of ether oxygens (including phenoxy) is 2. The number of hydrogen-bond donors (Lipinski definition) is 3. The molecule has 5 nitrogen and oxygen atoms in total. The van der Waals surface area contributed by atoms with Gasteiger partial charge in [-0.2, -0.15) is 0 Å². The monoisotopic (exact) mass is 192 g/mol. The predicted molar refractivity (Wildman–Crippen MR) is 44.0 cm³/mol. The minimum Gasteiger partial charge on any atom is -0.394 e. The molecular weight excluding hydrogens is 176 g/mol. The largest absolute Gasteiger partial charge is 0.394 e. The molecule has 1 fully saturated rings. The van der Waals surface area contributed by atoms with Crippen LogP contribution < -0.4 is 0 Å². The van der Waals surface area contributed by atoms with Gasteiger partial charge in [0.2, 0.25) is 0 Å². The molecule has 0 amide bonds. The van der Waals surface area contributed by atoms with Crippen molar-refractivity contribution in [1.29, 1.82) is 0 Å². The molecule has 0 radical (unpaired) electrons. The van der Waals surface area contributed by atoms with Gasteiger partial charge >= 0.3 is 0 Å². The third-order valence-electron chi connectivity index (χ3n) is 2.07. The first kappa shape index (κ1) is 10.9. The molecule has 1 rings (SSSR count). The van der Waals surface area contributed by atoms with Crippen molar-refractivity contribution in [2.75, 3.05) is 13.2 Å². The van der Waals surface area contributed by atoms with E-state index in [4.69, 9.17) is 14.6 Å². The summed E-state index contributed by atoms with van der Waals surface area (Å²) in [7, 11) is 0. The third kappa shape index (κ3) is 2.62. The standard InChI is InChI=1S/C8H16O5/c1-2-12-7-3-5(10)8(11)6(4-9)13-7/h5-11H,2-4H2,1H3/t5?,6-,7?,8?/m1/s1. The zero-order valence-corrected chi connectivity index (χ0v) is 7.59. The fourth-order valence-electron chi connectivity index (χ4n) is 1.36. The molecule has 0 aromatic rings. The van der Waals surface area contributed by atoms with Crippen LogP contribution in [0.25, 0.3) is 0 Å². The molecular formula is C8H16O5. The minimum absolute atomic E-state index is 0.242. The quantitative estimate of drug-likeness (QED) is 0.526. The molecule has 4 atom stereocenters. The second kappa shape index (κ2) is 4.88. The maximum absolute atomic E-state index is 9.36. The Kier molecular flexibility index (Phi) is 4.08. The normalized spacial score (nSPS) is 40.6. The first-order valence-corrected chi connectivity index (χ1v) is 4.43. The van der Waals surface area contributed by atoms with E-state index in [-0.39, 0.29) is 13.0 Å². The number of rotatable bonds is 3. The van der Waals surface area contributed by atoms with Crippen LogP contribution in [0.5, 0.6) is 0 Å². The van der Waals surface area contributed by atoms with E-state index in [0.29, 0.717) is 6.61 Å². The Morgan fingerprint density at radius 3 is 2.69 bits per heavy atom. The first-order valence-electron chi connectivity index (χ1n) is 4.43. The van der Waals surface area contributed by atoms with Gasteiger partial charge < -0.3 is 24.8 Å². The Morgan fingerprint density at radius 1 is 1.46 bits per heavy atom. The molecule has 78 valence electrons. The molecule has 3 unspecified atom stereocenters. The second-order valence-electron chi connectivity index (χ2n) is 3.04. The molecule has 3 N–H and O–H groups in total. The molecule has 1 aliphatic heterocycles. The third-order valence-corrected chi connectivity index (χ3v) is 2.07. The van der Waals surface area contributed by atoms with Crippen molar-refractivity contribution in [1.82, 2.24) is 0 Å². The fourth-order valence-corrected chi connectivity index (χ4v) is 1.36. The lowest BCUT2D eigenvalue weighted by Crippen LogP contribution is -2.50. The lowest BCUT2D eigenvalue weighted by atomic mass is 10.0. The van der Waals surface area contributed by atoms with Gasteiger partial charge in [-0.1, -0.05) is 0 Å². The Hall–Kier alpha value is -0.200. The van der Waals surface area contributed by atoms with Gasteiger partial charge in [-0.05, 0) is 6.92 Å². The highest BCUT2D eigenvalue weighted by molar-refractivity contribution is 4.82. The Labute approximate surface area is 76.9 Å². The summed E-state index contributed by atoms with van der Waals surface area (Å²) in [6.07, 6.45) is -2.95. The van der Waals surface area contributed by atoms with Crippen LogP contribution in [0.3, 0.4) is 0 Å². The Balaban J connectivity index is 2.47. The van der Waals surface area contributed by atoms with Crippen molar-refractivity contribution < 1.29 is 24.8 Å². The summed E-state index contributed by atoms with van der Waals surface area (Å²) in [6, 6.07) is 0. The fraction of sp³-hybridized carbons (Fsp3) is 1.00. The van der Waals surface area contributed by atoms with E-state index in [1.807, 2.05) is 6.92 Å². The van der Waals surface area contributed by atoms with Crippen molar-refractivity contribution in [3.63, 3.8) is 0 Å².